The minimum absolute atomic E-state index is 0.185. The molecule has 2 heterocycles. The molecule has 14 heavy (non-hydrogen) atoms. The molecule has 1 unspecified atom stereocenters. The second-order valence-corrected chi connectivity index (χ2v) is 4.92. The molecule has 1 fully saturated rings. The van der Waals surface area contributed by atoms with Crippen LogP contribution in [0.1, 0.15) is 39.5 Å². The van der Waals surface area contributed by atoms with Gasteiger partial charge in [-0.1, -0.05) is 13.8 Å². The fourth-order valence-corrected chi connectivity index (χ4v) is 2.74. The first-order chi connectivity index (χ1) is 6.73. The summed E-state index contributed by atoms with van der Waals surface area (Å²) in [4.78, 5) is 0. The third-order valence-corrected chi connectivity index (χ3v) is 3.18. The van der Waals surface area contributed by atoms with Crippen molar-refractivity contribution in [1.82, 2.24) is 5.32 Å². The van der Waals surface area contributed by atoms with Gasteiger partial charge >= 0.3 is 0 Å². The van der Waals surface area contributed by atoms with E-state index in [1.54, 1.807) is 0 Å². The van der Waals surface area contributed by atoms with Crippen LogP contribution in [0, 0.1) is 5.92 Å². The highest BCUT2D eigenvalue weighted by Gasteiger charge is 2.39. The predicted molar refractivity (Wildman–Crippen MR) is 58.1 cm³/mol. The molecule has 1 atom stereocenters. The molecule has 0 aromatic carbocycles. The standard InChI is InChI=1S/C12H21NO/c1-10(2)9-12(6-4-7-13-12)11-5-3-8-14-11/h5,10,13H,3-4,6-9H2,1-2H3. The van der Waals surface area contributed by atoms with Gasteiger partial charge in [0.05, 0.1) is 12.1 Å². The molecule has 1 N–H and O–H groups in total. The summed E-state index contributed by atoms with van der Waals surface area (Å²) < 4.78 is 5.74. The molecule has 0 bridgehead atoms. The van der Waals surface area contributed by atoms with E-state index in [4.69, 9.17) is 4.74 Å². The van der Waals surface area contributed by atoms with Crippen molar-refractivity contribution in [3.8, 4) is 0 Å². The highest BCUT2D eigenvalue weighted by atomic mass is 16.5. The van der Waals surface area contributed by atoms with Crippen LogP contribution in [0.5, 0.6) is 0 Å². The summed E-state index contributed by atoms with van der Waals surface area (Å²) in [7, 11) is 0. The van der Waals surface area contributed by atoms with Crippen LogP contribution in [-0.2, 0) is 4.74 Å². The van der Waals surface area contributed by atoms with E-state index in [2.05, 4.69) is 25.2 Å². The molecule has 0 aliphatic carbocycles. The molecule has 0 aromatic heterocycles. The van der Waals surface area contributed by atoms with E-state index in [-0.39, 0.29) is 5.54 Å². The first-order valence-electron chi connectivity index (χ1n) is 5.81. The topological polar surface area (TPSA) is 21.3 Å². The lowest BCUT2D eigenvalue weighted by Gasteiger charge is -2.32. The van der Waals surface area contributed by atoms with Gasteiger partial charge in [-0.25, -0.2) is 0 Å². The zero-order chi connectivity index (χ0) is 10.0. The second kappa shape index (κ2) is 3.93. The van der Waals surface area contributed by atoms with E-state index < -0.39 is 0 Å². The van der Waals surface area contributed by atoms with Crippen molar-refractivity contribution in [2.45, 2.75) is 45.1 Å². The molecule has 2 aliphatic heterocycles. The average molecular weight is 195 g/mol. The van der Waals surface area contributed by atoms with Crippen LogP contribution in [0.25, 0.3) is 0 Å². The monoisotopic (exact) mass is 195 g/mol. The lowest BCUT2D eigenvalue weighted by molar-refractivity contribution is 0.166. The normalized spacial score (nSPS) is 32.1. The van der Waals surface area contributed by atoms with Crippen molar-refractivity contribution < 1.29 is 4.74 Å². The molecular formula is C12H21NO. The third-order valence-electron chi connectivity index (χ3n) is 3.18. The first kappa shape index (κ1) is 10.0. The van der Waals surface area contributed by atoms with Gasteiger partial charge in [-0.05, 0) is 37.8 Å². The van der Waals surface area contributed by atoms with Crippen LogP contribution < -0.4 is 5.32 Å². The lowest BCUT2D eigenvalue weighted by Crippen LogP contribution is -2.43. The Morgan fingerprint density at radius 3 is 2.93 bits per heavy atom. The van der Waals surface area contributed by atoms with Crippen molar-refractivity contribution in [3.05, 3.63) is 11.8 Å². The van der Waals surface area contributed by atoms with Gasteiger partial charge in [0.15, 0.2) is 0 Å². The number of ether oxygens (including phenoxy) is 1. The second-order valence-electron chi connectivity index (χ2n) is 4.92. The van der Waals surface area contributed by atoms with Crippen molar-refractivity contribution in [1.29, 1.82) is 0 Å². The van der Waals surface area contributed by atoms with Crippen LogP contribution in [-0.4, -0.2) is 18.7 Å². The Morgan fingerprint density at radius 2 is 2.43 bits per heavy atom. The van der Waals surface area contributed by atoms with E-state index in [9.17, 15) is 0 Å². The zero-order valence-corrected chi connectivity index (χ0v) is 9.31. The molecule has 0 amide bonds. The Balaban J connectivity index is 2.12. The van der Waals surface area contributed by atoms with Crippen LogP contribution in [0.2, 0.25) is 0 Å². The molecule has 1 saturated heterocycles. The van der Waals surface area contributed by atoms with Crippen LogP contribution in [0.15, 0.2) is 11.8 Å². The number of rotatable bonds is 3. The molecule has 2 nitrogen and oxygen atoms in total. The van der Waals surface area contributed by atoms with Crippen molar-refractivity contribution in [3.63, 3.8) is 0 Å². The van der Waals surface area contributed by atoms with Gasteiger partial charge in [0.25, 0.3) is 0 Å². The van der Waals surface area contributed by atoms with Crippen LogP contribution >= 0.6 is 0 Å². The summed E-state index contributed by atoms with van der Waals surface area (Å²) in [5, 5.41) is 3.65. The van der Waals surface area contributed by atoms with Gasteiger partial charge in [-0.2, -0.15) is 0 Å². The van der Waals surface area contributed by atoms with Crippen LogP contribution in [0.3, 0.4) is 0 Å². The maximum atomic E-state index is 5.74. The summed E-state index contributed by atoms with van der Waals surface area (Å²) in [6.45, 7) is 6.61. The molecule has 0 saturated carbocycles. The van der Waals surface area contributed by atoms with E-state index >= 15 is 0 Å². The lowest BCUT2D eigenvalue weighted by atomic mass is 9.85. The Kier molecular flexibility index (Phi) is 2.82. The predicted octanol–water partition coefficient (Wildman–Crippen LogP) is 2.46. The van der Waals surface area contributed by atoms with Gasteiger partial charge in [-0.15, -0.1) is 0 Å². The zero-order valence-electron chi connectivity index (χ0n) is 9.31. The molecule has 2 rings (SSSR count). The smallest absolute Gasteiger partial charge is 0.112 e. The summed E-state index contributed by atoms with van der Waals surface area (Å²) >= 11 is 0. The van der Waals surface area contributed by atoms with E-state index in [1.165, 1.54) is 25.0 Å². The van der Waals surface area contributed by atoms with E-state index in [1.807, 2.05) is 0 Å². The highest BCUT2D eigenvalue weighted by Crippen LogP contribution is 2.36. The van der Waals surface area contributed by atoms with Gasteiger partial charge in [0.2, 0.25) is 0 Å². The first-order valence-corrected chi connectivity index (χ1v) is 5.81. The largest absolute Gasteiger partial charge is 0.496 e. The minimum atomic E-state index is 0.185. The Hall–Kier alpha value is -0.500. The minimum Gasteiger partial charge on any atom is -0.496 e. The van der Waals surface area contributed by atoms with Gasteiger partial charge in [0.1, 0.15) is 5.76 Å². The van der Waals surface area contributed by atoms with Gasteiger partial charge < -0.3 is 10.1 Å². The van der Waals surface area contributed by atoms with Crippen molar-refractivity contribution in [2.75, 3.05) is 13.2 Å². The summed E-state index contributed by atoms with van der Waals surface area (Å²) in [5.41, 5.74) is 0.185. The molecule has 2 heteroatoms. The third kappa shape index (κ3) is 1.81. The van der Waals surface area contributed by atoms with Crippen molar-refractivity contribution >= 4 is 0 Å². The maximum Gasteiger partial charge on any atom is 0.112 e. The quantitative estimate of drug-likeness (QED) is 0.747. The fraction of sp³-hybridized carbons (Fsp3) is 0.833. The number of nitrogens with one attached hydrogen (secondary N) is 1. The maximum absolute atomic E-state index is 5.74. The Bertz CT molecular complexity index is 226. The molecule has 0 aromatic rings. The summed E-state index contributed by atoms with van der Waals surface area (Å²) in [6.07, 6.45) is 7.11. The van der Waals surface area contributed by atoms with E-state index in [0.29, 0.717) is 0 Å². The van der Waals surface area contributed by atoms with Gasteiger partial charge in [-0.3, -0.25) is 0 Å². The molecule has 0 radical (unpaired) electrons. The molecule has 2 aliphatic rings. The Morgan fingerprint density at radius 1 is 1.57 bits per heavy atom. The fourth-order valence-electron chi connectivity index (χ4n) is 2.74. The molecule has 0 spiro atoms. The number of hydrogen-bond donors (Lipinski definition) is 1. The van der Waals surface area contributed by atoms with Gasteiger partial charge in [0, 0.05) is 6.42 Å². The SMILES string of the molecule is CC(C)CC1(C2=CCCO2)CCCN1. The van der Waals surface area contributed by atoms with E-state index in [0.717, 1.165) is 25.5 Å². The number of hydrogen-bond acceptors (Lipinski definition) is 2. The van der Waals surface area contributed by atoms with Crippen molar-refractivity contribution in [2.24, 2.45) is 5.92 Å². The van der Waals surface area contributed by atoms with Crippen LogP contribution in [0.4, 0.5) is 0 Å². The molecule has 80 valence electrons. The summed E-state index contributed by atoms with van der Waals surface area (Å²) in [6, 6.07) is 0. The highest BCUT2D eigenvalue weighted by molar-refractivity contribution is 5.19. The Labute approximate surface area is 86.7 Å². The molecular weight excluding hydrogens is 174 g/mol. The average Bonchev–Trinajstić information content (AvgIpc) is 2.69. The summed E-state index contributed by atoms with van der Waals surface area (Å²) in [5.74, 6) is 1.95.